The van der Waals surface area contributed by atoms with Crippen molar-refractivity contribution >= 4 is 5.97 Å². The van der Waals surface area contributed by atoms with Crippen LogP contribution in [-0.4, -0.2) is 60.1 Å². The number of rotatable bonds is 8. The van der Waals surface area contributed by atoms with Gasteiger partial charge in [0.1, 0.15) is 12.4 Å². The van der Waals surface area contributed by atoms with Crippen LogP contribution in [0.15, 0.2) is 24.3 Å². The van der Waals surface area contributed by atoms with Crippen molar-refractivity contribution in [2.24, 2.45) is 0 Å². The fraction of sp³-hybridized carbons (Fsp3) is 0.462. The monoisotopic (exact) mass is 307 g/mol. The average Bonchev–Trinajstić information content (AvgIpc) is 2.37. The van der Waals surface area contributed by atoms with Crippen molar-refractivity contribution in [2.45, 2.75) is 6.18 Å². The molecule has 5 nitrogen and oxygen atoms in total. The van der Waals surface area contributed by atoms with Gasteiger partial charge in [0.15, 0.2) is 0 Å². The number of carboxylic acids is 1. The maximum Gasteiger partial charge on any atom is 0.401 e. The normalized spacial score (nSPS) is 11.7. The summed E-state index contributed by atoms with van der Waals surface area (Å²) >= 11 is 0. The topological polar surface area (TPSA) is 70.0 Å². The highest BCUT2D eigenvalue weighted by molar-refractivity contribution is 5.87. The molecule has 0 aromatic heterocycles. The largest absolute Gasteiger partial charge is 0.492 e. The summed E-state index contributed by atoms with van der Waals surface area (Å²) < 4.78 is 42.1. The van der Waals surface area contributed by atoms with Crippen LogP contribution in [0.25, 0.3) is 0 Å². The molecule has 0 bridgehead atoms. The Morgan fingerprint density at radius 2 is 1.81 bits per heavy atom. The molecule has 21 heavy (non-hydrogen) atoms. The molecule has 1 rings (SSSR count). The predicted octanol–water partition coefficient (Wildman–Crippen LogP) is 1.62. The molecule has 0 atom stereocenters. The van der Waals surface area contributed by atoms with Crippen LogP contribution in [0.1, 0.15) is 10.4 Å². The standard InChI is InChI=1S/C13H16F3NO4/c14-13(15,16)9-17(5-7-18)6-8-21-11-3-1-10(2-4-11)12(19)20/h1-4,18H,5-9H2,(H,19,20). The molecule has 0 heterocycles. The number of aliphatic hydroxyl groups excluding tert-OH is 1. The Labute approximate surface area is 119 Å². The van der Waals surface area contributed by atoms with Gasteiger partial charge in [-0.25, -0.2) is 4.79 Å². The Kier molecular flexibility index (Phi) is 6.44. The van der Waals surface area contributed by atoms with E-state index in [4.69, 9.17) is 14.9 Å². The predicted molar refractivity (Wildman–Crippen MR) is 68.5 cm³/mol. The number of carboxylic acid groups (broad SMARTS) is 1. The van der Waals surface area contributed by atoms with Gasteiger partial charge in [0.2, 0.25) is 0 Å². The van der Waals surface area contributed by atoms with Crippen molar-refractivity contribution in [3.05, 3.63) is 29.8 Å². The zero-order valence-electron chi connectivity index (χ0n) is 11.1. The minimum Gasteiger partial charge on any atom is -0.492 e. The molecule has 118 valence electrons. The Morgan fingerprint density at radius 3 is 2.29 bits per heavy atom. The molecule has 0 aliphatic carbocycles. The number of ether oxygens (including phenoxy) is 1. The van der Waals surface area contributed by atoms with Crippen LogP contribution >= 0.6 is 0 Å². The Morgan fingerprint density at radius 1 is 1.19 bits per heavy atom. The highest BCUT2D eigenvalue weighted by Gasteiger charge is 2.30. The van der Waals surface area contributed by atoms with Gasteiger partial charge >= 0.3 is 12.1 Å². The lowest BCUT2D eigenvalue weighted by molar-refractivity contribution is -0.147. The zero-order chi connectivity index (χ0) is 15.9. The summed E-state index contributed by atoms with van der Waals surface area (Å²) in [7, 11) is 0. The second-order valence-electron chi connectivity index (χ2n) is 4.29. The zero-order valence-corrected chi connectivity index (χ0v) is 11.1. The van der Waals surface area contributed by atoms with Crippen molar-refractivity contribution in [2.75, 3.05) is 32.8 Å². The van der Waals surface area contributed by atoms with Gasteiger partial charge in [0, 0.05) is 13.1 Å². The molecule has 0 fully saturated rings. The first-order valence-electron chi connectivity index (χ1n) is 6.18. The van der Waals surface area contributed by atoms with E-state index in [1.165, 1.54) is 24.3 Å². The first-order valence-corrected chi connectivity index (χ1v) is 6.18. The summed E-state index contributed by atoms with van der Waals surface area (Å²) in [6.45, 7) is -1.58. The number of nitrogens with zero attached hydrogens (tertiary/aromatic N) is 1. The van der Waals surface area contributed by atoms with E-state index in [-0.39, 0.29) is 31.9 Å². The van der Waals surface area contributed by atoms with E-state index in [1.54, 1.807) is 0 Å². The molecule has 0 radical (unpaired) electrons. The lowest BCUT2D eigenvalue weighted by atomic mass is 10.2. The second kappa shape index (κ2) is 7.84. The minimum atomic E-state index is -4.34. The Bertz CT molecular complexity index is 448. The molecule has 0 aliphatic rings. The molecule has 0 saturated carbocycles. The molecule has 0 saturated heterocycles. The maximum atomic E-state index is 12.3. The highest BCUT2D eigenvalue weighted by Crippen LogP contribution is 2.16. The molecular weight excluding hydrogens is 291 g/mol. The molecule has 8 heteroatoms. The van der Waals surface area contributed by atoms with Gasteiger partial charge in [-0.1, -0.05) is 0 Å². The van der Waals surface area contributed by atoms with Gasteiger partial charge in [-0.15, -0.1) is 0 Å². The minimum absolute atomic E-state index is 0.000746. The molecular formula is C13H16F3NO4. The molecule has 1 aromatic rings. The van der Waals surface area contributed by atoms with Crippen molar-refractivity contribution < 1.29 is 32.9 Å². The highest BCUT2D eigenvalue weighted by atomic mass is 19.4. The van der Waals surface area contributed by atoms with Crippen LogP contribution in [0.2, 0.25) is 0 Å². The summed E-state index contributed by atoms with van der Waals surface area (Å²) in [5.74, 6) is -0.697. The summed E-state index contributed by atoms with van der Waals surface area (Å²) in [6, 6.07) is 5.56. The molecule has 0 aliphatic heterocycles. The number of halogens is 3. The van der Waals surface area contributed by atoms with E-state index >= 15 is 0 Å². The van der Waals surface area contributed by atoms with E-state index in [9.17, 15) is 18.0 Å². The Hall–Kier alpha value is -1.80. The van der Waals surface area contributed by atoms with Gasteiger partial charge in [0.05, 0.1) is 18.7 Å². The van der Waals surface area contributed by atoms with E-state index in [2.05, 4.69) is 0 Å². The van der Waals surface area contributed by atoms with Crippen LogP contribution in [0, 0.1) is 0 Å². The number of aromatic carboxylic acids is 1. The van der Waals surface area contributed by atoms with Gasteiger partial charge in [-0.05, 0) is 24.3 Å². The van der Waals surface area contributed by atoms with Crippen molar-refractivity contribution in [1.82, 2.24) is 4.90 Å². The number of benzene rings is 1. The average molecular weight is 307 g/mol. The number of aliphatic hydroxyl groups is 1. The van der Waals surface area contributed by atoms with E-state index in [0.717, 1.165) is 4.90 Å². The van der Waals surface area contributed by atoms with Crippen LogP contribution in [-0.2, 0) is 0 Å². The van der Waals surface area contributed by atoms with Gasteiger partial charge < -0.3 is 14.9 Å². The molecule has 0 amide bonds. The van der Waals surface area contributed by atoms with Crippen LogP contribution in [0.3, 0.4) is 0 Å². The lowest BCUT2D eigenvalue weighted by Gasteiger charge is -2.22. The Balaban J connectivity index is 2.44. The van der Waals surface area contributed by atoms with E-state index in [0.29, 0.717) is 5.75 Å². The second-order valence-corrected chi connectivity index (χ2v) is 4.29. The number of alkyl halides is 3. The van der Waals surface area contributed by atoms with Crippen molar-refractivity contribution in [3.63, 3.8) is 0 Å². The first-order chi connectivity index (χ1) is 9.81. The first kappa shape index (κ1) is 17.3. The SMILES string of the molecule is O=C(O)c1ccc(OCCN(CCO)CC(F)(F)F)cc1. The molecule has 2 N–H and O–H groups in total. The number of hydrogen-bond acceptors (Lipinski definition) is 4. The fourth-order valence-corrected chi connectivity index (χ4v) is 1.65. The third-order valence-corrected chi connectivity index (χ3v) is 2.60. The van der Waals surface area contributed by atoms with Crippen molar-refractivity contribution in [3.8, 4) is 5.75 Å². The fourth-order valence-electron chi connectivity index (χ4n) is 1.65. The lowest BCUT2D eigenvalue weighted by Crippen LogP contribution is -2.38. The summed E-state index contributed by atoms with van der Waals surface area (Å²) in [5.41, 5.74) is 0.0985. The third-order valence-electron chi connectivity index (χ3n) is 2.60. The number of hydrogen-bond donors (Lipinski definition) is 2. The third kappa shape index (κ3) is 6.96. The van der Waals surface area contributed by atoms with Crippen LogP contribution < -0.4 is 4.74 Å². The van der Waals surface area contributed by atoms with Gasteiger partial charge in [0.25, 0.3) is 0 Å². The van der Waals surface area contributed by atoms with E-state index < -0.39 is 18.7 Å². The van der Waals surface area contributed by atoms with Gasteiger partial charge in [-0.3, -0.25) is 4.90 Å². The molecule has 0 spiro atoms. The number of carbonyl (C=O) groups is 1. The summed E-state index contributed by atoms with van der Waals surface area (Å²) in [5, 5.41) is 17.4. The smallest absolute Gasteiger partial charge is 0.401 e. The van der Waals surface area contributed by atoms with Crippen molar-refractivity contribution in [1.29, 1.82) is 0 Å². The van der Waals surface area contributed by atoms with Crippen LogP contribution in [0.5, 0.6) is 5.75 Å². The van der Waals surface area contributed by atoms with E-state index in [1.807, 2.05) is 0 Å². The molecule has 1 aromatic carbocycles. The summed E-state index contributed by atoms with van der Waals surface area (Å²) in [6.07, 6.45) is -4.34. The maximum absolute atomic E-state index is 12.3. The van der Waals surface area contributed by atoms with Crippen LogP contribution in [0.4, 0.5) is 13.2 Å². The van der Waals surface area contributed by atoms with Gasteiger partial charge in [-0.2, -0.15) is 13.2 Å². The summed E-state index contributed by atoms with van der Waals surface area (Å²) in [4.78, 5) is 11.7. The quantitative estimate of drug-likeness (QED) is 0.764. The molecule has 0 unspecified atom stereocenters.